The number of aliphatic carboxylic acids is 1. The molecule has 0 heterocycles. The van der Waals surface area contributed by atoms with Crippen molar-refractivity contribution < 1.29 is 42.6 Å². The van der Waals surface area contributed by atoms with Gasteiger partial charge in [0.25, 0.3) is 0 Å². The van der Waals surface area contributed by atoms with Gasteiger partial charge in [-0.25, -0.2) is 0 Å². The summed E-state index contributed by atoms with van der Waals surface area (Å²) in [4.78, 5) is 10.2. The molecular weight excluding hydrogens is 251 g/mol. The quantitative estimate of drug-likeness (QED) is 0.626. The molecule has 0 atom stereocenters. The molecule has 0 saturated heterocycles. The molecule has 4 radical (unpaired) electrons. The van der Waals surface area contributed by atoms with Crippen molar-refractivity contribution in [1.29, 1.82) is 0 Å². The summed E-state index contributed by atoms with van der Waals surface area (Å²) in [5.41, 5.74) is 0.811. The topological polar surface area (TPSA) is 37.3 Å². The van der Waals surface area contributed by atoms with Gasteiger partial charge in [-0.15, -0.1) is 5.56 Å². The summed E-state index contributed by atoms with van der Waals surface area (Å²) in [6.07, 6.45) is 0.0919. The molecule has 0 aliphatic rings. The van der Waals surface area contributed by atoms with Crippen molar-refractivity contribution >= 4 is 20.9 Å². The van der Waals surface area contributed by atoms with Gasteiger partial charge in [0, 0.05) is 39.1 Å². The molecule has 1 N–H and O–H groups in total. The normalized spacial score (nSPS) is 7.50. The number of hydrogen-bond donors (Lipinski definition) is 1. The van der Waals surface area contributed by atoms with E-state index in [4.69, 9.17) is 5.11 Å². The fourth-order valence-electron chi connectivity index (χ4n) is 0.714. The summed E-state index contributed by atoms with van der Waals surface area (Å²) in [6.45, 7) is 3.14. The Kier molecular flexibility index (Phi) is 12.9. The minimum absolute atomic E-state index is 0. The summed E-state index contributed by atoms with van der Waals surface area (Å²) in [7, 11) is 5.86. The van der Waals surface area contributed by atoms with Crippen molar-refractivity contribution in [3.05, 3.63) is 42.7 Å². The molecule has 14 heavy (non-hydrogen) atoms. The maximum atomic E-state index is 10.2. The Bertz CT molecular complexity index is 242. The summed E-state index contributed by atoms with van der Waals surface area (Å²) in [5, 5.41) is 8.36. The molecule has 1 rings (SSSR count). The summed E-state index contributed by atoms with van der Waals surface area (Å²) in [6, 6.07) is 9.71. The van der Waals surface area contributed by atoms with Crippen LogP contribution in [0.4, 0.5) is 0 Å². The van der Waals surface area contributed by atoms with Crippen LogP contribution in [-0.2, 0) is 43.9 Å². The first-order valence-corrected chi connectivity index (χ1v) is 3.70. The van der Waals surface area contributed by atoms with Crippen LogP contribution in [0.2, 0.25) is 0 Å². The zero-order valence-corrected chi connectivity index (χ0v) is 10.6. The maximum absolute atomic E-state index is 10.2. The average Bonchev–Trinajstić information content (AvgIpc) is 2.06. The SMILES string of the molecule is O=C(O)Cc1cc[c-]cc1.[B][B][CH2-].[Y]. The largest absolute Gasteiger partial charge is 0.481 e. The van der Waals surface area contributed by atoms with E-state index in [0.717, 1.165) is 5.56 Å². The van der Waals surface area contributed by atoms with E-state index in [9.17, 15) is 4.79 Å². The number of carbonyl (C=O) groups is 1. The molecule has 0 amide bonds. The molecule has 0 fully saturated rings. The molecule has 0 spiro atoms. The molecule has 1 aromatic rings. The second-order valence-corrected chi connectivity index (χ2v) is 2.21. The smallest absolute Gasteiger partial charge is 0.305 e. The predicted octanol–water partition coefficient (Wildman–Crippen LogP) is 0.677. The van der Waals surface area contributed by atoms with Crippen LogP contribution in [0.25, 0.3) is 0 Å². The van der Waals surface area contributed by atoms with Gasteiger partial charge < -0.3 is 11.9 Å². The monoisotopic (exact) mass is 260 g/mol. The zero-order valence-electron chi connectivity index (χ0n) is 7.81. The van der Waals surface area contributed by atoms with E-state index < -0.39 is 5.97 Å². The minimum atomic E-state index is -0.800. The van der Waals surface area contributed by atoms with Gasteiger partial charge in [0.15, 0.2) is 0 Å². The summed E-state index contributed by atoms with van der Waals surface area (Å²) < 4.78 is 0. The Hall–Kier alpha value is -0.0762. The number of rotatable bonds is 2. The third-order valence-electron chi connectivity index (χ3n) is 1.14. The molecule has 0 saturated carbocycles. The van der Waals surface area contributed by atoms with E-state index in [2.05, 4.69) is 20.6 Å². The van der Waals surface area contributed by atoms with Crippen LogP contribution < -0.4 is 0 Å². The number of carboxylic acids is 1. The number of carboxylic acid groups (broad SMARTS) is 1. The molecule has 0 unspecified atom stereocenters. The van der Waals surface area contributed by atoms with Gasteiger partial charge in [0.05, 0.1) is 0 Å². The van der Waals surface area contributed by atoms with E-state index in [-0.39, 0.29) is 39.1 Å². The Labute approximate surface area is 112 Å². The first-order chi connectivity index (χ1) is 6.20. The maximum Gasteiger partial charge on any atom is 0.305 e. The molecule has 0 aliphatic carbocycles. The minimum Gasteiger partial charge on any atom is -0.481 e. The molecular formula is C9H9B2O2Y-2. The van der Waals surface area contributed by atoms with Gasteiger partial charge in [-0.2, -0.15) is 37.5 Å². The fourth-order valence-corrected chi connectivity index (χ4v) is 0.714. The number of hydrogen-bond acceptors (Lipinski definition) is 1. The molecule has 68 valence electrons. The van der Waals surface area contributed by atoms with Gasteiger partial charge >= 0.3 is 5.97 Å². The molecule has 2 nitrogen and oxygen atoms in total. The Morgan fingerprint density at radius 1 is 1.57 bits per heavy atom. The summed E-state index contributed by atoms with van der Waals surface area (Å²) in [5.74, 6) is -0.800. The van der Waals surface area contributed by atoms with Crippen LogP contribution in [0.5, 0.6) is 0 Å². The van der Waals surface area contributed by atoms with Crippen molar-refractivity contribution in [2.24, 2.45) is 0 Å². The van der Waals surface area contributed by atoms with Crippen molar-refractivity contribution in [1.82, 2.24) is 0 Å². The van der Waals surface area contributed by atoms with Crippen LogP contribution >= 0.6 is 0 Å². The van der Waals surface area contributed by atoms with Crippen molar-refractivity contribution in [3.63, 3.8) is 0 Å². The van der Waals surface area contributed by atoms with E-state index in [0.29, 0.717) is 0 Å². The standard InChI is InChI=1S/C8H7O2.CH2B2.Y/c9-8(10)6-7-4-2-1-3-5-7;1-3-2;/h2-5H,6H2,(H,9,10);1H2;/q2*-1;. The van der Waals surface area contributed by atoms with Crippen molar-refractivity contribution in [2.75, 3.05) is 0 Å². The molecule has 0 aromatic heterocycles. The van der Waals surface area contributed by atoms with Crippen LogP contribution in [0.15, 0.2) is 24.3 Å². The number of benzene rings is 1. The van der Waals surface area contributed by atoms with E-state index in [1.165, 1.54) is 7.17 Å². The first kappa shape index (κ1) is 16.4. The van der Waals surface area contributed by atoms with Crippen LogP contribution in [-0.4, -0.2) is 26.0 Å². The Balaban J connectivity index is 0. The Morgan fingerprint density at radius 3 is 2.36 bits per heavy atom. The van der Waals surface area contributed by atoms with Gasteiger partial charge in [0.2, 0.25) is 0 Å². The summed E-state index contributed by atoms with van der Waals surface area (Å²) >= 11 is 0. The van der Waals surface area contributed by atoms with Crippen LogP contribution in [0.1, 0.15) is 5.56 Å². The van der Waals surface area contributed by atoms with Gasteiger partial charge in [-0.1, -0.05) is 0 Å². The van der Waals surface area contributed by atoms with Crippen LogP contribution in [0.3, 0.4) is 0 Å². The van der Waals surface area contributed by atoms with Gasteiger partial charge in [-0.3, -0.25) is 4.79 Å². The molecule has 1 aromatic carbocycles. The van der Waals surface area contributed by atoms with Crippen LogP contribution in [0, 0.1) is 12.9 Å². The van der Waals surface area contributed by atoms with E-state index in [1.807, 2.05) is 0 Å². The van der Waals surface area contributed by atoms with Crippen molar-refractivity contribution in [3.8, 4) is 0 Å². The van der Waals surface area contributed by atoms with Gasteiger partial charge in [-0.05, 0) is 7.74 Å². The van der Waals surface area contributed by atoms with E-state index in [1.54, 1.807) is 24.3 Å². The first-order valence-electron chi connectivity index (χ1n) is 3.70. The predicted molar refractivity (Wildman–Crippen MR) is 53.5 cm³/mol. The van der Waals surface area contributed by atoms with E-state index >= 15 is 0 Å². The van der Waals surface area contributed by atoms with Gasteiger partial charge in [0.1, 0.15) is 0 Å². The third kappa shape index (κ3) is 10.0. The molecule has 0 bridgehead atoms. The van der Waals surface area contributed by atoms with Crippen molar-refractivity contribution in [2.45, 2.75) is 6.42 Å². The zero-order chi connectivity index (χ0) is 10.1. The second-order valence-electron chi connectivity index (χ2n) is 2.21. The fraction of sp³-hybridized carbons (Fsp3) is 0.111. The molecule has 0 aliphatic heterocycles. The Morgan fingerprint density at radius 2 is 2.00 bits per heavy atom. The third-order valence-corrected chi connectivity index (χ3v) is 1.14. The average molecular weight is 260 g/mol. The second kappa shape index (κ2) is 11.0. The molecule has 5 heteroatoms.